The zero-order valence-electron chi connectivity index (χ0n) is 9.77. The van der Waals surface area contributed by atoms with Crippen molar-refractivity contribution in [2.45, 2.75) is 19.3 Å². The first-order chi connectivity index (χ1) is 8.20. The highest BCUT2D eigenvalue weighted by Crippen LogP contribution is 2.30. The van der Waals surface area contributed by atoms with Crippen LogP contribution in [-0.2, 0) is 6.42 Å². The first-order valence-electron chi connectivity index (χ1n) is 5.38. The van der Waals surface area contributed by atoms with Gasteiger partial charge in [0.1, 0.15) is 5.75 Å². The molecule has 1 aromatic heterocycles. The van der Waals surface area contributed by atoms with Gasteiger partial charge in [-0.25, -0.2) is 0 Å². The van der Waals surface area contributed by atoms with Crippen molar-refractivity contribution in [1.82, 2.24) is 15.4 Å². The van der Waals surface area contributed by atoms with Crippen LogP contribution in [0.15, 0.2) is 24.4 Å². The molecule has 1 atom stereocenters. The Labute approximate surface area is 105 Å². The van der Waals surface area contributed by atoms with Crippen LogP contribution < -0.4 is 4.74 Å². The summed E-state index contributed by atoms with van der Waals surface area (Å²) in [5.41, 5.74) is 2.02. The first-order valence-corrected chi connectivity index (χ1v) is 5.76. The van der Waals surface area contributed by atoms with Crippen LogP contribution in [0.2, 0.25) is 5.02 Å². The summed E-state index contributed by atoms with van der Waals surface area (Å²) in [5.74, 6) is 1.12. The molecule has 0 bridgehead atoms. The van der Waals surface area contributed by atoms with Gasteiger partial charge in [0.25, 0.3) is 0 Å². The summed E-state index contributed by atoms with van der Waals surface area (Å²) in [6.45, 7) is 2.11. The molecule has 1 heterocycles. The number of benzene rings is 1. The van der Waals surface area contributed by atoms with Crippen LogP contribution in [0.4, 0.5) is 0 Å². The Morgan fingerprint density at radius 3 is 2.94 bits per heavy atom. The van der Waals surface area contributed by atoms with Gasteiger partial charge in [0.2, 0.25) is 0 Å². The van der Waals surface area contributed by atoms with E-state index < -0.39 is 0 Å². The van der Waals surface area contributed by atoms with E-state index in [1.165, 1.54) is 0 Å². The third-order valence-electron chi connectivity index (χ3n) is 2.70. The van der Waals surface area contributed by atoms with E-state index in [2.05, 4.69) is 22.3 Å². The molecule has 4 nitrogen and oxygen atoms in total. The Morgan fingerprint density at radius 1 is 1.47 bits per heavy atom. The SMILES string of the molecule is COc1ccc(Cl)cc1C(C)Cc1cn[nH]n1. The van der Waals surface area contributed by atoms with Crippen molar-refractivity contribution in [3.8, 4) is 5.75 Å². The van der Waals surface area contributed by atoms with Crippen molar-refractivity contribution in [3.05, 3.63) is 40.7 Å². The zero-order chi connectivity index (χ0) is 12.3. The van der Waals surface area contributed by atoms with Crippen LogP contribution in [0.25, 0.3) is 0 Å². The van der Waals surface area contributed by atoms with E-state index in [1.807, 2.05) is 18.2 Å². The number of aromatic amines is 1. The zero-order valence-corrected chi connectivity index (χ0v) is 10.5. The Bertz CT molecular complexity index is 485. The fraction of sp³-hybridized carbons (Fsp3) is 0.333. The van der Waals surface area contributed by atoms with E-state index in [0.717, 1.165) is 23.4 Å². The van der Waals surface area contributed by atoms with Crippen LogP contribution in [0.3, 0.4) is 0 Å². The minimum atomic E-state index is 0.272. The molecule has 1 aromatic carbocycles. The van der Waals surface area contributed by atoms with Crippen molar-refractivity contribution in [3.63, 3.8) is 0 Å². The van der Waals surface area contributed by atoms with E-state index in [9.17, 15) is 0 Å². The number of halogens is 1. The fourth-order valence-corrected chi connectivity index (χ4v) is 2.02. The van der Waals surface area contributed by atoms with Crippen molar-refractivity contribution < 1.29 is 4.74 Å². The lowest BCUT2D eigenvalue weighted by Gasteiger charge is -2.14. The number of nitrogens with one attached hydrogen (secondary N) is 1. The number of H-pyrrole nitrogens is 1. The third kappa shape index (κ3) is 2.77. The van der Waals surface area contributed by atoms with Gasteiger partial charge < -0.3 is 4.74 Å². The van der Waals surface area contributed by atoms with Crippen LogP contribution >= 0.6 is 11.6 Å². The first kappa shape index (κ1) is 11.9. The fourth-order valence-electron chi connectivity index (χ4n) is 1.84. The minimum Gasteiger partial charge on any atom is -0.496 e. The van der Waals surface area contributed by atoms with Crippen molar-refractivity contribution in [2.75, 3.05) is 7.11 Å². The van der Waals surface area contributed by atoms with E-state index in [-0.39, 0.29) is 5.92 Å². The van der Waals surface area contributed by atoms with Gasteiger partial charge in [0.15, 0.2) is 0 Å². The predicted molar refractivity (Wildman–Crippen MR) is 66.5 cm³/mol. The topological polar surface area (TPSA) is 50.8 Å². The van der Waals surface area contributed by atoms with Gasteiger partial charge in [-0.15, -0.1) is 0 Å². The molecule has 0 spiro atoms. The Hall–Kier alpha value is -1.55. The molecule has 0 aliphatic heterocycles. The Kier molecular flexibility index (Phi) is 3.64. The number of nitrogens with zero attached hydrogens (tertiary/aromatic N) is 2. The van der Waals surface area contributed by atoms with Gasteiger partial charge in [-0.1, -0.05) is 18.5 Å². The molecule has 2 aromatic rings. The smallest absolute Gasteiger partial charge is 0.122 e. The highest BCUT2D eigenvalue weighted by Gasteiger charge is 2.13. The van der Waals surface area contributed by atoms with Gasteiger partial charge in [-0.2, -0.15) is 15.4 Å². The molecule has 0 aliphatic carbocycles. The number of rotatable bonds is 4. The molecular weight excluding hydrogens is 238 g/mol. The highest BCUT2D eigenvalue weighted by atomic mass is 35.5. The van der Waals surface area contributed by atoms with Crippen molar-refractivity contribution in [2.24, 2.45) is 0 Å². The van der Waals surface area contributed by atoms with E-state index in [0.29, 0.717) is 5.02 Å². The maximum atomic E-state index is 6.01. The van der Waals surface area contributed by atoms with Gasteiger partial charge in [0, 0.05) is 5.02 Å². The molecule has 17 heavy (non-hydrogen) atoms. The molecule has 0 radical (unpaired) electrons. The summed E-state index contributed by atoms with van der Waals surface area (Å²) in [4.78, 5) is 0. The molecule has 0 aliphatic rings. The molecule has 5 heteroatoms. The summed E-state index contributed by atoms with van der Waals surface area (Å²) >= 11 is 6.01. The number of hydrogen-bond donors (Lipinski definition) is 1. The summed E-state index contributed by atoms with van der Waals surface area (Å²) in [6.07, 6.45) is 2.53. The third-order valence-corrected chi connectivity index (χ3v) is 2.94. The number of aromatic nitrogens is 3. The van der Waals surface area contributed by atoms with Crippen LogP contribution in [0, 0.1) is 0 Å². The van der Waals surface area contributed by atoms with E-state index in [4.69, 9.17) is 16.3 Å². The molecule has 0 saturated heterocycles. The van der Waals surface area contributed by atoms with Gasteiger partial charge >= 0.3 is 0 Å². The molecule has 1 unspecified atom stereocenters. The Morgan fingerprint density at radius 2 is 2.29 bits per heavy atom. The summed E-state index contributed by atoms with van der Waals surface area (Å²) in [6, 6.07) is 5.65. The maximum Gasteiger partial charge on any atom is 0.122 e. The average Bonchev–Trinajstić information content (AvgIpc) is 2.81. The molecule has 0 fully saturated rings. The number of ether oxygens (including phenoxy) is 1. The standard InChI is InChI=1S/C12H14ClN3O/c1-8(5-10-7-14-16-15-10)11-6-9(13)3-4-12(11)17-2/h3-4,6-8H,5H2,1-2H3,(H,14,15,16). The normalized spacial score (nSPS) is 12.4. The number of methoxy groups -OCH3 is 1. The summed E-state index contributed by atoms with van der Waals surface area (Å²) in [5, 5.41) is 11.2. The maximum absolute atomic E-state index is 6.01. The van der Waals surface area contributed by atoms with E-state index in [1.54, 1.807) is 13.3 Å². The average molecular weight is 252 g/mol. The Balaban J connectivity index is 2.23. The largest absolute Gasteiger partial charge is 0.496 e. The van der Waals surface area contributed by atoms with Crippen molar-refractivity contribution >= 4 is 11.6 Å². The summed E-state index contributed by atoms with van der Waals surface area (Å²) in [7, 11) is 1.66. The lowest BCUT2D eigenvalue weighted by atomic mass is 9.95. The van der Waals surface area contributed by atoms with Gasteiger partial charge in [-0.3, -0.25) is 0 Å². The molecule has 1 N–H and O–H groups in total. The lowest BCUT2D eigenvalue weighted by Crippen LogP contribution is -2.01. The molecule has 2 rings (SSSR count). The minimum absolute atomic E-state index is 0.272. The molecule has 0 saturated carbocycles. The molecule has 0 amide bonds. The van der Waals surface area contributed by atoms with Crippen LogP contribution in [-0.4, -0.2) is 22.5 Å². The monoisotopic (exact) mass is 251 g/mol. The highest BCUT2D eigenvalue weighted by molar-refractivity contribution is 6.30. The second-order valence-corrected chi connectivity index (χ2v) is 4.39. The van der Waals surface area contributed by atoms with Gasteiger partial charge in [0.05, 0.1) is 19.0 Å². The van der Waals surface area contributed by atoms with E-state index >= 15 is 0 Å². The van der Waals surface area contributed by atoms with Gasteiger partial charge in [-0.05, 0) is 36.1 Å². The predicted octanol–water partition coefficient (Wildman–Crippen LogP) is 2.81. The van der Waals surface area contributed by atoms with Crippen molar-refractivity contribution in [1.29, 1.82) is 0 Å². The molecule has 90 valence electrons. The second-order valence-electron chi connectivity index (χ2n) is 3.95. The lowest BCUT2D eigenvalue weighted by molar-refractivity contribution is 0.406. The quantitative estimate of drug-likeness (QED) is 0.909. The van der Waals surface area contributed by atoms with Crippen LogP contribution in [0.5, 0.6) is 5.75 Å². The summed E-state index contributed by atoms with van der Waals surface area (Å²) < 4.78 is 5.34. The number of hydrogen-bond acceptors (Lipinski definition) is 3. The van der Waals surface area contributed by atoms with Crippen LogP contribution in [0.1, 0.15) is 24.1 Å². The second kappa shape index (κ2) is 5.19. The molecular formula is C12H14ClN3O.